The van der Waals surface area contributed by atoms with E-state index in [2.05, 4.69) is 4.98 Å². The first-order valence-electron chi connectivity index (χ1n) is 5.71. The summed E-state index contributed by atoms with van der Waals surface area (Å²) in [4.78, 5) is 14.9. The van der Waals surface area contributed by atoms with E-state index in [4.69, 9.17) is 9.84 Å². The SMILES string of the molecule is COc1ccc(S(=O)(=O)N2CCCC2C(=O)O)cn1. The molecule has 1 atom stereocenters. The number of pyridine rings is 1. The van der Waals surface area contributed by atoms with Gasteiger partial charge >= 0.3 is 5.97 Å². The summed E-state index contributed by atoms with van der Waals surface area (Å²) in [6.07, 6.45) is 2.04. The van der Waals surface area contributed by atoms with Crippen LogP contribution in [0.1, 0.15) is 12.8 Å². The van der Waals surface area contributed by atoms with Gasteiger partial charge in [-0.3, -0.25) is 4.79 Å². The van der Waals surface area contributed by atoms with Crippen LogP contribution in [0.3, 0.4) is 0 Å². The molecule has 1 fully saturated rings. The molecule has 0 aromatic carbocycles. The number of hydrogen-bond donors (Lipinski definition) is 1. The van der Waals surface area contributed by atoms with Crippen molar-refractivity contribution in [3.63, 3.8) is 0 Å². The molecule has 0 aliphatic carbocycles. The van der Waals surface area contributed by atoms with Crippen molar-refractivity contribution in [2.75, 3.05) is 13.7 Å². The Labute approximate surface area is 110 Å². The number of methoxy groups -OCH3 is 1. The maximum Gasteiger partial charge on any atom is 0.322 e. The Morgan fingerprint density at radius 1 is 1.53 bits per heavy atom. The van der Waals surface area contributed by atoms with Gasteiger partial charge in [0.2, 0.25) is 15.9 Å². The summed E-state index contributed by atoms with van der Waals surface area (Å²) in [6.45, 7) is 0.214. The predicted molar refractivity (Wildman–Crippen MR) is 65.3 cm³/mol. The van der Waals surface area contributed by atoms with Crippen LogP contribution in [0.2, 0.25) is 0 Å². The molecular weight excluding hydrogens is 272 g/mol. The second kappa shape index (κ2) is 5.14. The first-order valence-corrected chi connectivity index (χ1v) is 7.15. The lowest BCUT2D eigenvalue weighted by Crippen LogP contribution is -2.40. The van der Waals surface area contributed by atoms with Gasteiger partial charge in [-0.15, -0.1) is 0 Å². The summed E-state index contributed by atoms with van der Waals surface area (Å²) in [5.41, 5.74) is 0. The molecule has 2 rings (SSSR count). The number of carboxylic acid groups (broad SMARTS) is 1. The number of carbonyl (C=O) groups is 1. The molecule has 1 aliphatic rings. The number of aromatic nitrogens is 1. The van der Waals surface area contributed by atoms with Gasteiger partial charge < -0.3 is 9.84 Å². The van der Waals surface area contributed by atoms with Crippen molar-refractivity contribution in [2.45, 2.75) is 23.8 Å². The van der Waals surface area contributed by atoms with E-state index >= 15 is 0 Å². The molecule has 1 N–H and O–H groups in total. The van der Waals surface area contributed by atoms with Gasteiger partial charge in [-0.2, -0.15) is 4.31 Å². The zero-order valence-electron chi connectivity index (χ0n) is 10.3. The Morgan fingerprint density at radius 2 is 2.26 bits per heavy atom. The average molecular weight is 286 g/mol. The fourth-order valence-electron chi connectivity index (χ4n) is 2.05. The summed E-state index contributed by atoms with van der Waals surface area (Å²) in [6, 6.07) is 1.80. The molecule has 0 spiro atoms. The fourth-order valence-corrected chi connectivity index (χ4v) is 3.65. The van der Waals surface area contributed by atoms with E-state index in [-0.39, 0.29) is 11.4 Å². The topological polar surface area (TPSA) is 96.8 Å². The lowest BCUT2D eigenvalue weighted by Gasteiger charge is -2.20. The maximum absolute atomic E-state index is 12.3. The van der Waals surface area contributed by atoms with E-state index in [1.165, 1.54) is 25.4 Å². The second-order valence-corrected chi connectivity index (χ2v) is 6.04. The van der Waals surface area contributed by atoms with Crippen molar-refractivity contribution >= 4 is 16.0 Å². The Bertz CT molecular complexity index is 569. The van der Waals surface area contributed by atoms with Gasteiger partial charge in [0.05, 0.1) is 13.3 Å². The van der Waals surface area contributed by atoms with Crippen molar-refractivity contribution in [3.8, 4) is 5.88 Å². The third-order valence-corrected chi connectivity index (χ3v) is 4.91. The zero-order chi connectivity index (χ0) is 14.0. The molecule has 2 heterocycles. The van der Waals surface area contributed by atoms with Gasteiger partial charge in [0.25, 0.3) is 0 Å². The summed E-state index contributed by atoms with van der Waals surface area (Å²) in [7, 11) is -2.40. The van der Waals surface area contributed by atoms with E-state index in [0.717, 1.165) is 4.31 Å². The molecule has 1 aromatic heterocycles. The molecule has 1 aromatic rings. The number of sulfonamides is 1. The molecule has 8 heteroatoms. The van der Waals surface area contributed by atoms with E-state index in [0.29, 0.717) is 18.7 Å². The number of ether oxygens (including phenoxy) is 1. The lowest BCUT2D eigenvalue weighted by atomic mass is 10.2. The Hall–Kier alpha value is -1.67. The van der Waals surface area contributed by atoms with Crippen LogP contribution in [-0.2, 0) is 14.8 Å². The van der Waals surface area contributed by atoms with Crippen molar-refractivity contribution < 1.29 is 23.1 Å². The largest absolute Gasteiger partial charge is 0.481 e. The number of nitrogens with zero attached hydrogens (tertiary/aromatic N) is 2. The summed E-state index contributed by atoms with van der Waals surface area (Å²) >= 11 is 0. The van der Waals surface area contributed by atoms with Gasteiger partial charge in [-0.1, -0.05) is 0 Å². The minimum Gasteiger partial charge on any atom is -0.481 e. The summed E-state index contributed by atoms with van der Waals surface area (Å²) in [5.74, 6) is -0.822. The Balaban J connectivity index is 2.33. The highest BCUT2D eigenvalue weighted by atomic mass is 32.2. The number of carboxylic acids is 1. The van der Waals surface area contributed by atoms with Gasteiger partial charge in [0.15, 0.2) is 0 Å². The molecule has 19 heavy (non-hydrogen) atoms. The minimum absolute atomic E-state index is 0.0264. The molecule has 0 amide bonds. The molecule has 1 saturated heterocycles. The van der Waals surface area contributed by atoms with Crippen LogP contribution in [0.4, 0.5) is 0 Å². The number of hydrogen-bond acceptors (Lipinski definition) is 5. The highest BCUT2D eigenvalue weighted by Crippen LogP contribution is 2.26. The Morgan fingerprint density at radius 3 is 2.79 bits per heavy atom. The first kappa shape index (κ1) is 13.8. The molecule has 0 radical (unpaired) electrons. The van der Waals surface area contributed by atoms with Crippen LogP contribution >= 0.6 is 0 Å². The molecule has 1 unspecified atom stereocenters. The minimum atomic E-state index is -3.82. The summed E-state index contributed by atoms with van der Waals surface area (Å²) in [5, 5.41) is 9.03. The van der Waals surface area contributed by atoms with Crippen LogP contribution in [0.5, 0.6) is 5.88 Å². The van der Waals surface area contributed by atoms with Gasteiger partial charge in [0.1, 0.15) is 10.9 Å². The van der Waals surface area contributed by atoms with Crippen molar-refractivity contribution in [2.24, 2.45) is 0 Å². The van der Waals surface area contributed by atoms with E-state index in [9.17, 15) is 13.2 Å². The zero-order valence-corrected chi connectivity index (χ0v) is 11.1. The smallest absolute Gasteiger partial charge is 0.322 e. The fraction of sp³-hybridized carbons (Fsp3) is 0.455. The van der Waals surface area contributed by atoms with Crippen LogP contribution in [-0.4, -0.2) is 48.5 Å². The van der Waals surface area contributed by atoms with Gasteiger partial charge in [-0.25, -0.2) is 13.4 Å². The molecule has 0 bridgehead atoms. The van der Waals surface area contributed by atoms with E-state index in [1.807, 2.05) is 0 Å². The quantitative estimate of drug-likeness (QED) is 0.856. The monoisotopic (exact) mass is 286 g/mol. The third-order valence-electron chi connectivity index (χ3n) is 3.01. The normalized spacial score (nSPS) is 20.4. The standard InChI is InChI=1S/C11H14N2O5S/c1-18-10-5-4-8(7-12-10)19(16,17)13-6-2-3-9(13)11(14)15/h4-5,7,9H,2-3,6H2,1H3,(H,14,15). The second-order valence-electron chi connectivity index (χ2n) is 4.15. The van der Waals surface area contributed by atoms with Crippen LogP contribution in [0, 0.1) is 0 Å². The molecule has 1 aliphatic heterocycles. The van der Waals surface area contributed by atoms with Crippen molar-refractivity contribution in [1.29, 1.82) is 0 Å². The molecular formula is C11H14N2O5S. The predicted octanol–water partition coefficient (Wildman–Crippen LogP) is 0.328. The number of rotatable bonds is 4. The van der Waals surface area contributed by atoms with E-state index in [1.54, 1.807) is 0 Å². The first-order chi connectivity index (χ1) is 8.96. The van der Waals surface area contributed by atoms with Crippen molar-refractivity contribution in [3.05, 3.63) is 18.3 Å². The molecule has 7 nitrogen and oxygen atoms in total. The van der Waals surface area contributed by atoms with Gasteiger partial charge in [-0.05, 0) is 18.9 Å². The molecule has 104 valence electrons. The van der Waals surface area contributed by atoms with Crippen LogP contribution in [0.15, 0.2) is 23.2 Å². The lowest BCUT2D eigenvalue weighted by molar-refractivity contribution is -0.140. The highest BCUT2D eigenvalue weighted by molar-refractivity contribution is 7.89. The number of aliphatic carboxylic acids is 1. The Kier molecular flexibility index (Phi) is 3.72. The van der Waals surface area contributed by atoms with Crippen LogP contribution < -0.4 is 4.74 Å². The molecule has 0 saturated carbocycles. The van der Waals surface area contributed by atoms with Crippen molar-refractivity contribution in [1.82, 2.24) is 9.29 Å². The average Bonchev–Trinajstić information content (AvgIpc) is 2.89. The van der Waals surface area contributed by atoms with Crippen LogP contribution in [0.25, 0.3) is 0 Å². The highest BCUT2D eigenvalue weighted by Gasteiger charge is 2.39. The van der Waals surface area contributed by atoms with E-state index < -0.39 is 22.0 Å². The maximum atomic E-state index is 12.3. The van der Waals surface area contributed by atoms with Gasteiger partial charge in [0, 0.05) is 12.6 Å². The summed E-state index contributed by atoms with van der Waals surface area (Å²) < 4.78 is 30.5. The third kappa shape index (κ3) is 2.54.